The number of nitrogens with zero attached hydrogens (tertiary/aromatic N) is 2. The number of rotatable bonds is 5. The summed E-state index contributed by atoms with van der Waals surface area (Å²) in [6, 6.07) is 0. The van der Waals surface area contributed by atoms with Crippen molar-refractivity contribution in [3.05, 3.63) is 99.8 Å². The Bertz CT molecular complexity index is 2150. The maximum atomic E-state index is 16.0. The summed E-state index contributed by atoms with van der Waals surface area (Å²) in [7, 11) is 0. The second kappa shape index (κ2) is 11.8. The quantitative estimate of drug-likeness (QED) is 0.0539. The lowest BCUT2D eigenvalue weighted by Gasteiger charge is -2.42. The molecule has 3 aromatic heterocycles. The fourth-order valence-corrected chi connectivity index (χ4v) is 63.1. The van der Waals surface area contributed by atoms with Gasteiger partial charge in [0.2, 0.25) is 6.33 Å². The predicted octanol–water partition coefficient (Wildman–Crippen LogP) is 10.0. The molecule has 0 radical (unpaired) electrons. The summed E-state index contributed by atoms with van der Waals surface area (Å²) < 4.78 is 232. The Morgan fingerprint density at radius 3 is 1.00 bits per heavy atom. The van der Waals surface area contributed by atoms with Gasteiger partial charge >= 0.3 is 0 Å². The standard InChI is InChI=1S/C29H20BF15N2P4/c1-28(2,3)46-7-9(47(8-46)29(4,5)6)48-50-49(51(48)50)30(10-13(31)19(37)25(43)20(38)14(10)32,11-15(33)21(39)26(44)22(40)16(11)34)12-17(35)23(41)27(45)24(42)18(12)36/h7-8H,1-6H3. The van der Waals surface area contributed by atoms with Crippen LogP contribution in [0.15, 0.2) is 12.5 Å². The lowest BCUT2D eigenvalue weighted by molar-refractivity contribution is -0.753. The Hall–Kier alpha value is -2.92. The van der Waals surface area contributed by atoms with Crippen LogP contribution in [0.2, 0.25) is 0 Å². The molecular weight excluding hydrogens is 796 g/mol. The molecule has 0 aliphatic carbocycles. The first-order chi connectivity index (χ1) is 23.4. The van der Waals surface area contributed by atoms with Gasteiger partial charge in [-0.15, -0.1) is 16.4 Å². The lowest BCUT2D eigenvalue weighted by atomic mass is 9.33. The Kier molecular flexibility index (Phi) is 8.75. The van der Waals surface area contributed by atoms with Crippen molar-refractivity contribution in [2.45, 2.75) is 52.6 Å². The highest BCUT2D eigenvalue weighted by molar-refractivity contribution is 9.13. The van der Waals surface area contributed by atoms with Gasteiger partial charge in [0, 0.05) is 6.89 Å². The van der Waals surface area contributed by atoms with Crippen LogP contribution in [0.3, 0.4) is 0 Å². The van der Waals surface area contributed by atoms with Gasteiger partial charge in [0.15, 0.2) is 63.7 Å². The van der Waals surface area contributed by atoms with Crippen molar-refractivity contribution >= 4 is 48.6 Å². The molecule has 0 aliphatic heterocycles. The average Bonchev–Trinajstić information content (AvgIpc) is 3.91. The molecule has 2 atom stereocenters. The van der Waals surface area contributed by atoms with Crippen molar-refractivity contribution in [3.63, 3.8) is 0 Å². The van der Waals surface area contributed by atoms with Crippen LogP contribution in [-0.4, -0.2) is 10.4 Å². The van der Waals surface area contributed by atoms with Crippen LogP contribution < -0.4 is 21.0 Å². The first-order valence-corrected chi connectivity index (χ1v) is 23.4. The minimum Gasteiger partial charge on any atom is -0.231 e. The molecule has 2 unspecified atom stereocenters. The van der Waals surface area contributed by atoms with E-state index in [-0.39, 0.29) is 0 Å². The number of fused-ring (bicyclic) bond motifs is 1. The third kappa shape index (κ3) is 5.09. The highest BCUT2D eigenvalue weighted by Crippen LogP contribution is 3.12. The van der Waals surface area contributed by atoms with Gasteiger partial charge in [-0.3, -0.25) is 0 Å². The SMILES string of the molecule is CC(C)(C)n1c[n+](C(C)(C)C)cc1-p1p2p([B-](c3c(F)c(F)c(F)c(F)c3F)(c3c(F)c(F)c(F)c(F)c3F)c3c(F)c(F)c(F)c(F)c3F)p12. The number of benzene rings is 3. The molecule has 0 saturated heterocycles. The molecular formula is C29H20BF15N2P4. The number of halogens is 15. The van der Waals surface area contributed by atoms with Crippen molar-refractivity contribution < 1.29 is 70.4 Å². The molecule has 3 aromatic carbocycles. The fourth-order valence-electron chi connectivity index (χ4n) is 6.05. The van der Waals surface area contributed by atoms with E-state index >= 15 is 26.3 Å². The molecule has 0 saturated carbocycles. The zero-order chi connectivity index (χ0) is 38.3. The largest absolute Gasteiger partial charge is 0.245 e. The Labute approximate surface area is 281 Å². The molecule has 3 heterocycles. The molecule has 6 rings (SSSR count). The van der Waals surface area contributed by atoms with E-state index in [0.29, 0.717) is 5.44 Å². The number of aromatic nitrogens is 2. The normalized spacial score (nSPS) is 14.6. The topological polar surface area (TPSA) is 8.81 Å². The van der Waals surface area contributed by atoms with E-state index < -0.39 is 147 Å². The molecule has 2 nitrogen and oxygen atoms in total. The zero-order valence-electron chi connectivity index (χ0n) is 26.6. The van der Waals surface area contributed by atoms with Crippen molar-refractivity contribution in [3.8, 4) is 5.44 Å². The predicted molar refractivity (Wildman–Crippen MR) is 165 cm³/mol. The van der Waals surface area contributed by atoms with Gasteiger partial charge < -0.3 is 0 Å². The number of hydrogen-bond acceptors (Lipinski definition) is 0. The van der Waals surface area contributed by atoms with Crippen LogP contribution in [0.25, 0.3) is 5.44 Å². The van der Waals surface area contributed by atoms with Gasteiger partial charge in [-0.2, -0.15) is 0 Å². The van der Waals surface area contributed by atoms with Crippen molar-refractivity contribution in [1.29, 1.82) is 0 Å². The molecule has 51 heavy (non-hydrogen) atoms. The van der Waals surface area contributed by atoms with Crippen LogP contribution in [0, 0.1) is 87.3 Å². The summed E-state index contributed by atoms with van der Waals surface area (Å²) in [5, 5.41) is 0. The van der Waals surface area contributed by atoms with Crippen molar-refractivity contribution in [2.75, 3.05) is 0 Å². The smallest absolute Gasteiger partial charge is 0.231 e. The van der Waals surface area contributed by atoms with E-state index in [4.69, 9.17) is 0 Å². The molecule has 0 bridgehead atoms. The van der Waals surface area contributed by atoms with Crippen molar-refractivity contribution in [2.24, 2.45) is 0 Å². The van der Waals surface area contributed by atoms with Gasteiger partial charge in [-0.05, 0) is 41.5 Å². The highest BCUT2D eigenvalue weighted by Gasteiger charge is 2.56. The summed E-state index contributed by atoms with van der Waals surface area (Å²) in [6.07, 6.45) is -0.771. The number of hydrogen-bond donors (Lipinski definition) is 0. The molecule has 0 aliphatic rings. The van der Waals surface area contributed by atoms with Crippen LogP contribution in [0.4, 0.5) is 65.9 Å². The first-order valence-electron chi connectivity index (χ1n) is 14.4. The third-order valence-corrected chi connectivity index (χ3v) is 48.0. The minimum atomic E-state index is -5.42. The fraction of sp³-hybridized carbons (Fsp3) is 0.276. The van der Waals surface area contributed by atoms with Gasteiger partial charge in [-0.25, -0.2) is 81.8 Å². The van der Waals surface area contributed by atoms with E-state index in [0.717, 1.165) is 0 Å². The number of imidazole rings is 1. The van der Waals surface area contributed by atoms with E-state index in [1.54, 1.807) is 63.2 Å². The van der Waals surface area contributed by atoms with Gasteiger partial charge in [0.05, 0.1) is 0 Å². The average molecular weight is 816 g/mol. The third-order valence-electron chi connectivity index (χ3n) is 8.58. The minimum absolute atomic E-state index is 0.486. The maximum Gasteiger partial charge on any atom is 0.245 e. The zero-order valence-corrected chi connectivity index (χ0v) is 30.2. The molecule has 6 aromatic rings. The summed E-state index contributed by atoms with van der Waals surface area (Å²) in [5.74, 6) is -49.4. The van der Waals surface area contributed by atoms with E-state index in [9.17, 15) is 39.5 Å². The first kappa shape index (κ1) is 37.8. The van der Waals surface area contributed by atoms with Crippen LogP contribution in [0.1, 0.15) is 41.5 Å². The Morgan fingerprint density at radius 2 is 0.745 bits per heavy atom. The van der Waals surface area contributed by atoms with Gasteiger partial charge in [0.25, 0.3) is 0 Å². The molecule has 0 fully saturated rings. The van der Waals surface area contributed by atoms with Crippen LogP contribution in [-0.2, 0) is 11.1 Å². The van der Waals surface area contributed by atoms with Gasteiger partial charge in [0.1, 0.15) is 52.2 Å². The van der Waals surface area contributed by atoms with E-state index in [1.807, 2.05) is 0 Å². The summed E-state index contributed by atoms with van der Waals surface area (Å²) >= 11 is 0. The lowest BCUT2D eigenvalue weighted by Crippen LogP contribution is -2.70. The molecule has 0 spiro atoms. The van der Waals surface area contributed by atoms with E-state index in [2.05, 4.69) is 0 Å². The van der Waals surface area contributed by atoms with Crippen LogP contribution in [0.5, 0.6) is 0 Å². The van der Waals surface area contributed by atoms with E-state index in [1.165, 1.54) is 0 Å². The molecule has 22 heteroatoms. The van der Waals surface area contributed by atoms with Gasteiger partial charge in [-0.1, -0.05) is 12.7 Å². The second-order valence-corrected chi connectivity index (χ2v) is 36.9. The summed E-state index contributed by atoms with van der Waals surface area (Å²) in [4.78, 5) is 0. The summed E-state index contributed by atoms with van der Waals surface area (Å²) in [5.41, 5.74) is -8.21. The van der Waals surface area contributed by atoms with Crippen molar-refractivity contribution in [1.82, 2.24) is 4.57 Å². The molecule has 0 amide bonds. The summed E-state index contributed by atoms with van der Waals surface area (Å²) in [6.45, 7) is 6.02. The monoisotopic (exact) mass is 816 g/mol. The molecule has 274 valence electrons. The second-order valence-electron chi connectivity index (χ2n) is 13.6. The highest BCUT2D eigenvalue weighted by atomic mass is 33.1. The Morgan fingerprint density at radius 1 is 0.471 bits per heavy atom. The Balaban J connectivity index is 1.89. The molecule has 0 N–H and O–H groups in total. The van der Waals surface area contributed by atoms with Crippen LogP contribution >= 0.6 is 26.4 Å². The maximum absolute atomic E-state index is 16.0.